The molecule has 0 aromatic heterocycles. The third kappa shape index (κ3) is 1.98. The van der Waals surface area contributed by atoms with Gasteiger partial charge in [-0.25, -0.2) is 0 Å². The Hall–Kier alpha value is -1.10. The first-order valence-electron chi connectivity index (χ1n) is 3.64. The quantitative estimate of drug-likeness (QED) is 0.556. The van der Waals surface area contributed by atoms with Crippen LogP contribution < -0.4 is 5.73 Å². The van der Waals surface area contributed by atoms with Gasteiger partial charge in [-0.3, -0.25) is 0 Å². The Balaban J connectivity index is 3.47. The highest BCUT2D eigenvalue weighted by Crippen LogP contribution is 2.22. The van der Waals surface area contributed by atoms with E-state index >= 15 is 0 Å². The molecular weight excluding hydrogens is 193 g/mol. The third-order valence-electron chi connectivity index (χ3n) is 1.96. The van der Waals surface area contributed by atoms with Gasteiger partial charge < -0.3 is 5.73 Å². The van der Waals surface area contributed by atoms with Crippen LogP contribution in [0.1, 0.15) is 11.1 Å². The van der Waals surface area contributed by atoms with Crippen molar-refractivity contribution in [3.8, 4) is 0 Å². The molecule has 0 unspecified atom stereocenters. The fourth-order valence-corrected chi connectivity index (χ4v) is 1.58. The van der Waals surface area contributed by atoms with Gasteiger partial charge in [0.1, 0.15) is 4.90 Å². The van der Waals surface area contributed by atoms with Crippen LogP contribution in [-0.4, -0.2) is 8.42 Å². The summed E-state index contributed by atoms with van der Waals surface area (Å²) in [6.45, 7) is 3.43. The molecule has 0 spiro atoms. The second-order valence-electron chi connectivity index (χ2n) is 2.89. The van der Waals surface area contributed by atoms with Crippen LogP contribution in [0.4, 0.5) is 9.57 Å². The van der Waals surface area contributed by atoms with Gasteiger partial charge in [0.25, 0.3) is 0 Å². The lowest BCUT2D eigenvalue weighted by molar-refractivity contribution is 0.552. The van der Waals surface area contributed by atoms with Gasteiger partial charge in [0.2, 0.25) is 0 Å². The monoisotopic (exact) mass is 203 g/mol. The Morgan fingerprint density at radius 3 is 2.23 bits per heavy atom. The number of nitrogens with two attached hydrogens (primary N) is 1. The van der Waals surface area contributed by atoms with Gasteiger partial charge in [0.15, 0.2) is 0 Å². The molecule has 0 heterocycles. The Morgan fingerprint density at radius 1 is 1.31 bits per heavy atom. The molecule has 0 amide bonds. The first-order chi connectivity index (χ1) is 5.82. The van der Waals surface area contributed by atoms with E-state index in [0.717, 1.165) is 11.6 Å². The predicted molar refractivity (Wildman–Crippen MR) is 48.6 cm³/mol. The highest BCUT2D eigenvalue weighted by Gasteiger charge is 2.13. The van der Waals surface area contributed by atoms with Crippen LogP contribution >= 0.6 is 0 Å². The highest BCUT2D eigenvalue weighted by atomic mass is 32.3. The molecule has 0 radical (unpaired) electrons. The van der Waals surface area contributed by atoms with Crippen molar-refractivity contribution in [2.75, 3.05) is 5.73 Å². The van der Waals surface area contributed by atoms with E-state index in [1.807, 2.05) is 0 Å². The van der Waals surface area contributed by atoms with Gasteiger partial charge in [-0.2, -0.15) is 8.42 Å². The van der Waals surface area contributed by atoms with Gasteiger partial charge >= 0.3 is 10.2 Å². The third-order valence-corrected chi connectivity index (χ3v) is 2.76. The number of rotatable bonds is 1. The van der Waals surface area contributed by atoms with E-state index in [1.165, 1.54) is 6.07 Å². The van der Waals surface area contributed by atoms with Crippen LogP contribution in [0.25, 0.3) is 0 Å². The maximum absolute atomic E-state index is 12.5. The summed E-state index contributed by atoms with van der Waals surface area (Å²) in [5, 5.41) is 0. The maximum Gasteiger partial charge on any atom is 0.332 e. The van der Waals surface area contributed by atoms with Crippen molar-refractivity contribution in [1.82, 2.24) is 0 Å². The van der Waals surface area contributed by atoms with Gasteiger partial charge in [0.05, 0.1) is 0 Å². The molecule has 1 aromatic carbocycles. The second kappa shape index (κ2) is 2.99. The van der Waals surface area contributed by atoms with E-state index in [-0.39, 0.29) is 10.6 Å². The van der Waals surface area contributed by atoms with Crippen molar-refractivity contribution in [3.05, 3.63) is 23.3 Å². The fraction of sp³-hybridized carbons (Fsp3) is 0.250. The van der Waals surface area contributed by atoms with Gasteiger partial charge in [-0.05, 0) is 37.1 Å². The molecule has 3 nitrogen and oxygen atoms in total. The van der Waals surface area contributed by atoms with Crippen LogP contribution in [0.5, 0.6) is 0 Å². The van der Waals surface area contributed by atoms with Crippen molar-refractivity contribution >= 4 is 15.9 Å². The molecule has 0 bridgehead atoms. The van der Waals surface area contributed by atoms with Crippen molar-refractivity contribution in [2.45, 2.75) is 18.7 Å². The number of nitrogen functional groups attached to an aromatic ring is 1. The van der Waals surface area contributed by atoms with Crippen molar-refractivity contribution in [3.63, 3.8) is 0 Å². The normalized spacial score (nSPS) is 11.6. The van der Waals surface area contributed by atoms with Crippen LogP contribution in [0.15, 0.2) is 17.0 Å². The number of anilines is 1. The van der Waals surface area contributed by atoms with E-state index in [1.54, 1.807) is 13.8 Å². The first kappa shape index (κ1) is 9.98. The zero-order valence-corrected chi connectivity index (χ0v) is 8.15. The minimum atomic E-state index is -4.64. The lowest BCUT2D eigenvalue weighted by Crippen LogP contribution is -1.98. The van der Waals surface area contributed by atoms with E-state index in [9.17, 15) is 12.3 Å². The molecule has 0 saturated carbocycles. The smallest absolute Gasteiger partial charge is 0.332 e. The standard InChI is InChI=1S/C8H10FNO2S/c1-5-3-7(13(9,11)12)4-8(10)6(5)2/h3-4H,10H2,1-2H3. The molecule has 2 N–H and O–H groups in total. The average Bonchev–Trinajstić information content (AvgIpc) is 1.97. The van der Waals surface area contributed by atoms with Crippen molar-refractivity contribution in [1.29, 1.82) is 0 Å². The first-order valence-corrected chi connectivity index (χ1v) is 5.02. The van der Waals surface area contributed by atoms with Crippen LogP contribution in [0, 0.1) is 13.8 Å². The predicted octanol–water partition coefficient (Wildman–Crippen LogP) is 1.54. The second-order valence-corrected chi connectivity index (χ2v) is 4.24. The van der Waals surface area contributed by atoms with E-state index in [0.29, 0.717) is 5.56 Å². The average molecular weight is 203 g/mol. The van der Waals surface area contributed by atoms with Crippen LogP contribution in [-0.2, 0) is 10.2 Å². The topological polar surface area (TPSA) is 60.2 Å². The summed E-state index contributed by atoms with van der Waals surface area (Å²) in [4.78, 5) is -0.381. The number of benzene rings is 1. The lowest BCUT2D eigenvalue weighted by Gasteiger charge is -2.05. The molecule has 72 valence electrons. The molecule has 5 heteroatoms. The number of aryl methyl sites for hydroxylation is 1. The molecule has 0 atom stereocenters. The SMILES string of the molecule is Cc1cc(S(=O)(=O)F)cc(N)c1C. The molecule has 0 saturated heterocycles. The van der Waals surface area contributed by atoms with E-state index in [4.69, 9.17) is 5.73 Å². The zero-order valence-electron chi connectivity index (χ0n) is 7.33. The largest absolute Gasteiger partial charge is 0.398 e. The van der Waals surface area contributed by atoms with Gasteiger partial charge in [0, 0.05) is 5.69 Å². The summed E-state index contributed by atoms with van der Waals surface area (Å²) in [5.74, 6) is 0. The Labute approximate surface area is 76.6 Å². The minimum absolute atomic E-state index is 0.288. The summed E-state index contributed by atoms with van der Waals surface area (Å²) in [5.41, 5.74) is 7.21. The van der Waals surface area contributed by atoms with Crippen LogP contribution in [0.3, 0.4) is 0 Å². The Kier molecular flexibility index (Phi) is 2.30. The van der Waals surface area contributed by atoms with Crippen LogP contribution in [0.2, 0.25) is 0 Å². The molecule has 1 aromatic rings. The summed E-state index contributed by atoms with van der Waals surface area (Å²) in [6.07, 6.45) is 0. The molecule has 0 fully saturated rings. The molecule has 0 aliphatic rings. The molecule has 1 rings (SSSR count). The molecular formula is C8H10FNO2S. The van der Waals surface area contributed by atoms with E-state index in [2.05, 4.69) is 0 Å². The van der Waals surface area contributed by atoms with Gasteiger partial charge in [-0.15, -0.1) is 3.89 Å². The number of hydrogen-bond donors (Lipinski definition) is 1. The summed E-state index contributed by atoms with van der Waals surface area (Å²) in [7, 11) is -4.64. The van der Waals surface area contributed by atoms with Crippen molar-refractivity contribution < 1.29 is 12.3 Å². The molecule has 13 heavy (non-hydrogen) atoms. The zero-order chi connectivity index (χ0) is 10.2. The lowest BCUT2D eigenvalue weighted by atomic mass is 10.1. The molecule has 0 aliphatic carbocycles. The van der Waals surface area contributed by atoms with Crippen molar-refractivity contribution in [2.24, 2.45) is 0 Å². The highest BCUT2D eigenvalue weighted by molar-refractivity contribution is 7.86. The summed E-state index contributed by atoms with van der Waals surface area (Å²) >= 11 is 0. The maximum atomic E-state index is 12.5. The Morgan fingerprint density at radius 2 is 1.85 bits per heavy atom. The number of halogens is 1. The summed E-state index contributed by atoms with van der Waals surface area (Å²) < 4.78 is 33.6. The summed E-state index contributed by atoms with van der Waals surface area (Å²) in [6, 6.07) is 2.39. The van der Waals surface area contributed by atoms with E-state index < -0.39 is 10.2 Å². The molecule has 0 aliphatic heterocycles. The fourth-order valence-electron chi connectivity index (χ4n) is 0.993. The Bertz CT molecular complexity index is 416. The van der Waals surface area contributed by atoms with Gasteiger partial charge in [-0.1, -0.05) is 0 Å². The minimum Gasteiger partial charge on any atom is -0.398 e. The number of hydrogen-bond acceptors (Lipinski definition) is 3.